The molecule has 9 heteroatoms. The van der Waals surface area contributed by atoms with Crippen LogP contribution in [0.1, 0.15) is 119 Å². The van der Waals surface area contributed by atoms with Gasteiger partial charge in [0, 0.05) is 0 Å². The normalized spacial score (nSPS) is 17.2. The van der Waals surface area contributed by atoms with Crippen LogP contribution in [0.5, 0.6) is 0 Å². The molecule has 6 bridgehead atoms. The molecule has 3 aliphatic rings. The summed E-state index contributed by atoms with van der Waals surface area (Å²) in [7, 11) is -11.3. The summed E-state index contributed by atoms with van der Waals surface area (Å²) in [6.45, 7) is 65.0. The zero-order valence-electron chi connectivity index (χ0n) is 57.2. The van der Waals surface area contributed by atoms with Crippen molar-refractivity contribution in [3.05, 3.63) is 104 Å². The topological polar surface area (TPSA) is 0 Å². The predicted molar refractivity (Wildman–Crippen MR) is 399 cm³/mol. The van der Waals surface area contributed by atoms with Gasteiger partial charge in [0.2, 0.25) is 0 Å². The fourth-order valence-electron chi connectivity index (χ4n) is 18.0. The molecule has 0 aromatic heterocycles. The van der Waals surface area contributed by atoms with E-state index in [1.165, 1.54) is 109 Å². The van der Waals surface area contributed by atoms with Gasteiger partial charge in [0.1, 0.15) is 0 Å². The SMILES string of the molecule is CCC[CH2][Ge]1([CH2]CCC)[C]([Si](C)(C)C)=c2c(c3ccc(cc3)c3c(c4ccc(cc4)c4c(c5ccc2cc5)=[C]([Si](C)(C)C)[Ge]([CH2]CCC)([CH2]CCC)[C]=4[Si](C)(C)C)=[C]([Si](C)(C)C)[Ge]([CH2]CCC)([CH2]CCC)[C]=3[Si](C)(C)C)=[C]1[Si](C)(C)C. The molecular formula is C72H120Ge3Si6. The van der Waals surface area contributed by atoms with Gasteiger partial charge in [-0.2, -0.15) is 0 Å². The van der Waals surface area contributed by atoms with Gasteiger partial charge >= 0.3 is 517 Å². The Labute approximate surface area is 511 Å². The molecule has 10 rings (SSSR count). The Hall–Kier alpha value is -0.970. The van der Waals surface area contributed by atoms with E-state index < -0.39 is 88.2 Å². The summed E-state index contributed by atoms with van der Waals surface area (Å²) >= 11 is -8.90. The molecule has 3 aliphatic heterocycles. The van der Waals surface area contributed by atoms with Crippen LogP contribution in [0.2, 0.25) is 149 Å². The Morgan fingerprint density at radius 1 is 0.210 bits per heavy atom. The summed E-state index contributed by atoms with van der Waals surface area (Å²) in [5, 5.41) is 28.6. The third-order valence-electron chi connectivity index (χ3n) is 19.8. The van der Waals surface area contributed by atoms with E-state index in [0.717, 1.165) is 0 Å². The molecule has 0 fully saturated rings. The molecule has 0 amide bonds. The summed E-state index contributed by atoms with van der Waals surface area (Å²) in [5.74, 6) is 0. The number of hydrogen-bond donors (Lipinski definition) is 0. The summed E-state index contributed by atoms with van der Waals surface area (Å²) in [6, 6.07) is 32.8. The van der Waals surface area contributed by atoms with Crippen LogP contribution in [-0.4, -0.2) is 88.2 Å². The molecular weight excluding hydrogens is 1250 g/mol. The molecule has 3 heterocycles. The van der Waals surface area contributed by atoms with Crippen LogP contribution in [0.15, 0.2) is 72.8 Å². The molecule has 7 aromatic carbocycles. The van der Waals surface area contributed by atoms with Crippen molar-refractivity contribution in [1.29, 1.82) is 0 Å². The first-order chi connectivity index (χ1) is 37.7. The second-order valence-corrected chi connectivity index (χ2v) is 95.1. The fraction of sp³-hybridized carbons (Fsp3) is 0.583. The number of unbranched alkanes of at least 4 members (excludes halogenated alkanes) is 6. The standard InChI is InChI=1S/C72H120Ge3Si6/c1-25-31-49-73(50-32-26-2)67(76(7,8)9)61-55-37-41-57(42-38-55)63-65(71(80(19,20)21)74(51-33-27-3,52-34-28-4)69(63)78(13,14)15)59-45-47-60(48-46-59)66-64(58-43-39-56(40-44-58)62(61)68(73)77(10,11)12)70(79(16,17)18)75(53-35-29-5,54-36-30-6)72(66)81(22,23)24/h37-48H,25-36,49-54H2,1-24H3. The van der Waals surface area contributed by atoms with Gasteiger partial charge < -0.3 is 0 Å². The van der Waals surface area contributed by atoms with Crippen molar-refractivity contribution >= 4 is 145 Å². The molecule has 0 saturated heterocycles. The first-order valence-electron chi connectivity index (χ1n) is 33.6. The van der Waals surface area contributed by atoms with Crippen LogP contribution in [0.4, 0.5) is 0 Å². The summed E-state index contributed by atoms with van der Waals surface area (Å²) in [4.78, 5) is 0. The monoisotopic (exact) mass is 1370 g/mol. The molecule has 7 aromatic rings. The fourth-order valence-corrected chi connectivity index (χ4v) is 131. The number of hydrogen-bond acceptors (Lipinski definition) is 0. The van der Waals surface area contributed by atoms with Gasteiger partial charge in [0.15, 0.2) is 0 Å². The van der Waals surface area contributed by atoms with E-state index in [0.29, 0.717) is 0 Å². The van der Waals surface area contributed by atoms with Crippen LogP contribution in [0.25, 0.3) is 56.5 Å². The van der Waals surface area contributed by atoms with Crippen molar-refractivity contribution in [3.63, 3.8) is 0 Å². The second-order valence-electron chi connectivity index (χ2n) is 32.6. The molecule has 0 aliphatic carbocycles. The van der Waals surface area contributed by atoms with Crippen molar-refractivity contribution in [2.24, 2.45) is 0 Å². The Kier molecular flexibility index (Phi) is 21.4. The van der Waals surface area contributed by atoms with Gasteiger partial charge in [-0.3, -0.25) is 0 Å². The zero-order chi connectivity index (χ0) is 60.1. The number of benzene rings is 3. The van der Waals surface area contributed by atoms with E-state index in [2.05, 4.69) is 256 Å². The maximum absolute atomic E-state index is 2.97. The number of rotatable bonds is 24. The Bertz CT molecular complexity index is 2860. The van der Waals surface area contributed by atoms with Crippen molar-refractivity contribution in [2.75, 3.05) is 0 Å². The third kappa shape index (κ3) is 12.9. The minimum absolute atomic E-state index is 1.30. The molecule has 444 valence electrons. The average molecular weight is 1370 g/mol. The Morgan fingerprint density at radius 3 is 0.407 bits per heavy atom. The van der Waals surface area contributed by atoms with Gasteiger partial charge in [0.25, 0.3) is 0 Å². The van der Waals surface area contributed by atoms with Gasteiger partial charge in [-0.15, -0.1) is 0 Å². The van der Waals surface area contributed by atoms with Gasteiger partial charge in [-0.25, -0.2) is 0 Å². The van der Waals surface area contributed by atoms with Crippen LogP contribution in [0.3, 0.4) is 0 Å². The second kappa shape index (κ2) is 25.6. The van der Waals surface area contributed by atoms with E-state index in [1.807, 2.05) is 0 Å². The van der Waals surface area contributed by atoms with E-state index in [4.69, 9.17) is 0 Å². The first-order valence-corrected chi connectivity index (χ1v) is 69.8. The van der Waals surface area contributed by atoms with Crippen molar-refractivity contribution in [2.45, 2.75) is 268 Å². The predicted octanol–water partition coefficient (Wildman–Crippen LogP) is 19.4. The maximum atomic E-state index is 2.78. The molecule has 81 heavy (non-hydrogen) atoms. The van der Waals surface area contributed by atoms with Crippen LogP contribution < -0.4 is 31.3 Å². The van der Waals surface area contributed by atoms with E-state index in [9.17, 15) is 0 Å². The summed E-state index contributed by atoms with van der Waals surface area (Å²) in [6.07, 6.45) is 16.0. The van der Waals surface area contributed by atoms with E-state index in [1.54, 1.807) is 63.6 Å². The third-order valence-corrected chi connectivity index (χ3v) is 104. The quantitative estimate of drug-likeness (QED) is 0.0614. The zero-order valence-corrected chi connectivity index (χ0v) is 69.5. The average Bonchev–Trinajstić information content (AvgIpc) is 2.68. The molecule has 0 unspecified atom stereocenters. The first kappa shape index (κ1) is 67.5. The summed E-state index contributed by atoms with van der Waals surface area (Å²) < 4.78 is 12.5. The molecule has 0 N–H and O–H groups in total. The Balaban J connectivity index is 2.04. The molecule has 0 nitrogen and oxygen atoms in total. The van der Waals surface area contributed by atoms with Crippen LogP contribution >= 0.6 is 0 Å². The van der Waals surface area contributed by atoms with Gasteiger partial charge in [-0.1, -0.05) is 0 Å². The Morgan fingerprint density at radius 2 is 0.321 bits per heavy atom. The molecule has 0 spiro atoms. The summed E-state index contributed by atoms with van der Waals surface area (Å²) in [5.41, 5.74) is 0. The van der Waals surface area contributed by atoms with Crippen molar-refractivity contribution in [3.8, 4) is 0 Å². The molecule has 0 radical (unpaired) electrons. The molecule has 0 saturated carbocycles. The van der Waals surface area contributed by atoms with E-state index >= 15 is 0 Å². The van der Waals surface area contributed by atoms with Gasteiger partial charge in [-0.05, 0) is 0 Å². The van der Waals surface area contributed by atoms with Gasteiger partial charge in [0.05, 0.1) is 0 Å². The van der Waals surface area contributed by atoms with Crippen LogP contribution in [-0.2, 0) is 0 Å². The number of fused-ring (bicyclic) bond motifs is 3. The molecule has 0 atom stereocenters. The van der Waals surface area contributed by atoms with Crippen molar-refractivity contribution in [1.82, 2.24) is 0 Å². The van der Waals surface area contributed by atoms with Crippen LogP contribution in [0, 0.1) is 0 Å². The van der Waals surface area contributed by atoms with E-state index in [-0.39, 0.29) is 0 Å². The minimum atomic E-state index is -2.97. The van der Waals surface area contributed by atoms with Crippen molar-refractivity contribution < 1.29 is 0 Å².